The van der Waals surface area contributed by atoms with Gasteiger partial charge in [0.05, 0.1) is 13.1 Å². The van der Waals surface area contributed by atoms with Crippen LogP contribution in [0, 0.1) is 0 Å². The fraction of sp³-hybridized carbons (Fsp3) is 0.286. The predicted octanol–water partition coefficient (Wildman–Crippen LogP) is 0.324. The zero-order chi connectivity index (χ0) is 15.1. The SMILES string of the molecule is CC(=O)CNC(=O)c1ccc(C(=O)NCC(C)=O)cc1. The molecule has 20 heavy (non-hydrogen) atoms. The van der Waals surface area contributed by atoms with E-state index in [0.29, 0.717) is 11.1 Å². The van der Waals surface area contributed by atoms with E-state index in [1.165, 1.54) is 38.1 Å². The molecular formula is C14H16N2O4. The summed E-state index contributed by atoms with van der Waals surface area (Å²) in [6.07, 6.45) is 0. The molecule has 0 saturated carbocycles. The van der Waals surface area contributed by atoms with Gasteiger partial charge in [-0.05, 0) is 38.1 Å². The first-order valence-electron chi connectivity index (χ1n) is 6.05. The maximum atomic E-state index is 11.6. The molecule has 0 aliphatic rings. The van der Waals surface area contributed by atoms with Crippen molar-refractivity contribution < 1.29 is 19.2 Å². The fourth-order valence-electron chi connectivity index (χ4n) is 1.39. The number of amides is 2. The number of rotatable bonds is 6. The average Bonchev–Trinajstić information content (AvgIpc) is 2.42. The molecule has 6 nitrogen and oxygen atoms in total. The third-order valence-corrected chi connectivity index (χ3v) is 2.41. The second kappa shape index (κ2) is 7.18. The third-order valence-electron chi connectivity index (χ3n) is 2.41. The quantitative estimate of drug-likeness (QED) is 0.783. The van der Waals surface area contributed by atoms with Crippen LogP contribution in [0.15, 0.2) is 24.3 Å². The molecule has 0 aliphatic carbocycles. The van der Waals surface area contributed by atoms with Crippen molar-refractivity contribution in [2.75, 3.05) is 13.1 Å². The highest BCUT2D eigenvalue weighted by atomic mass is 16.2. The summed E-state index contributed by atoms with van der Waals surface area (Å²) in [5, 5.41) is 4.91. The van der Waals surface area contributed by atoms with Gasteiger partial charge >= 0.3 is 0 Å². The lowest BCUT2D eigenvalue weighted by atomic mass is 10.1. The van der Waals surface area contributed by atoms with E-state index in [-0.39, 0.29) is 36.5 Å². The molecule has 0 aromatic heterocycles. The third kappa shape index (κ3) is 5.01. The Morgan fingerprint density at radius 2 is 1.05 bits per heavy atom. The van der Waals surface area contributed by atoms with Gasteiger partial charge in [0, 0.05) is 11.1 Å². The molecule has 106 valence electrons. The topological polar surface area (TPSA) is 92.3 Å². The number of hydrogen-bond acceptors (Lipinski definition) is 4. The summed E-state index contributed by atoms with van der Waals surface area (Å²) in [4.78, 5) is 44.8. The Kier molecular flexibility index (Phi) is 5.58. The fourth-order valence-corrected chi connectivity index (χ4v) is 1.39. The van der Waals surface area contributed by atoms with Gasteiger partial charge in [0.25, 0.3) is 11.8 Å². The lowest BCUT2D eigenvalue weighted by Gasteiger charge is -2.05. The van der Waals surface area contributed by atoms with E-state index in [0.717, 1.165) is 0 Å². The van der Waals surface area contributed by atoms with E-state index in [9.17, 15) is 19.2 Å². The van der Waals surface area contributed by atoms with Crippen LogP contribution >= 0.6 is 0 Å². The number of Topliss-reactive ketones (excluding diaryl/α,β-unsaturated/α-hetero) is 2. The molecular weight excluding hydrogens is 260 g/mol. The Hall–Kier alpha value is -2.50. The lowest BCUT2D eigenvalue weighted by molar-refractivity contribution is -0.116. The highest BCUT2D eigenvalue weighted by Crippen LogP contribution is 2.04. The minimum Gasteiger partial charge on any atom is -0.345 e. The van der Waals surface area contributed by atoms with Gasteiger partial charge in [0.15, 0.2) is 0 Å². The van der Waals surface area contributed by atoms with Crippen LogP contribution < -0.4 is 10.6 Å². The van der Waals surface area contributed by atoms with E-state index < -0.39 is 0 Å². The first-order chi connectivity index (χ1) is 9.40. The molecule has 1 aromatic carbocycles. The molecule has 6 heteroatoms. The van der Waals surface area contributed by atoms with Gasteiger partial charge in [-0.15, -0.1) is 0 Å². The Balaban J connectivity index is 2.63. The Morgan fingerprint density at radius 3 is 1.30 bits per heavy atom. The zero-order valence-corrected chi connectivity index (χ0v) is 11.4. The highest BCUT2D eigenvalue weighted by Gasteiger charge is 2.09. The molecule has 2 amide bonds. The van der Waals surface area contributed by atoms with Gasteiger partial charge in [-0.25, -0.2) is 0 Å². The maximum absolute atomic E-state index is 11.6. The lowest BCUT2D eigenvalue weighted by Crippen LogP contribution is -2.29. The Morgan fingerprint density at radius 1 is 0.750 bits per heavy atom. The largest absolute Gasteiger partial charge is 0.345 e. The molecule has 0 atom stereocenters. The van der Waals surface area contributed by atoms with Gasteiger partial charge in [-0.3, -0.25) is 19.2 Å². The first kappa shape index (κ1) is 15.6. The van der Waals surface area contributed by atoms with Crippen LogP contribution in [0.4, 0.5) is 0 Å². The van der Waals surface area contributed by atoms with E-state index in [2.05, 4.69) is 10.6 Å². The van der Waals surface area contributed by atoms with Crippen molar-refractivity contribution in [3.63, 3.8) is 0 Å². The number of hydrogen-bond donors (Lipinski definition) is 2. The van der Waals surface area contributed by atoms with Gasteiger partial charge in [0.1, 0.15) is 11.6 Å². The summed E-state index contributed by atoms with van der Waals surface area (Å²) < 4.78 is 0. The van der Waals surface area contributed by atoms with Crippen molar-refractivity contribution in [2.24, 2.45) is 0 Å². The maximum Gasteiger partial charge on any atom is 0.251 e. The molecule has 0 radical (unpaired) electrons. The van der Waals surface area contributed by atoms with Gasteiger partial charge < -0.3 is 10.6 Å². The van der Waals surface area contributed by atoms with Crippen LogP contribution in [-0.2, 0) is 9.59 Å². The molecule has 2 N–H and O–H groups in total. The standard InChI is InChI=1S/C14H16N2O4/c1-9(17)7-15-13(19)11-3-5-12(6-4-11)14(20)16-8-10(2)18/h3-6H,7-8H2,1-2H3,(H,15,19)(H,16,20). The molecule has 1 rings (SSSR count). The second-order valence-electron chi connectivity index (χ2n) is 4.35. The van der Waals surface area contributed by atoms with Crippen LogP contribution in [0.1, 0.15) is 34.6 Å². The van der Waals surface area contributed by atoms with E-state index in [4.69, 9.17) is 0 Å². The van der Waals surface area contributed by atoms with E-state index >= 15 is 0 Å². The minimum absolute atomic E-state index is 0.0281. The molecule has 0 aliphatic heterocycles. The first-order valence-corrected chi connectivity index (χ1v) is 6.05. The van der Waals surface area contributed by atoms with E-state index in [1.54, 1.807) is 0 Å². The van der Waals surface area contributed by atoms with Crippen molar-refractivity contribution in [3.8, 4) is 0 Å². The number of nitrogens with one attached hydrogen (secondary N) is 2. The molecule has 0 heterocycles. The van der Waals surface area contributed by atoms with Crippen molar-refractivity contribution in [1.29, 1.82) is 0 Å². The monoisotopic (exact) mass is 276 g/mol. The number of ketones is 2. The van der Waals surface area contributed by atoms with Crippen molar-refractivity contribution in [1.82, 2.24) is 10.6 Å². The minimum atomic E-state index is -0.379. The Bertz CT molecular complexity index is 486. The number of carbonyl (C=O) groups is 4. The van der Waals surface area contributed by atoms with Crippen molar-refractivity contribution in [2.45, 2.75) is 13.8 Å². The summed E-state index contributed by atoms with van der Waals surface area (Å²) in [5.41, 5.74) is 0.712. The summed E-state index contributed by atoms with van der Waals surface area (Å²) >= 11 is 0. The van der Waals surface area contributed by atoms with Gasteiger partial charge in [-0.1, -0.05) is 0 Å². The average molecular weight is 276 g/mol. The number of benzene rings is 1. The van der Waals surface area contributed by atoms with Crippen molar-refractivity contribution >= 4 is 23.4 Å². The molecule has 0 spiro atoms. The molecule has 0 saturated heterocycles. The van der Waals surface area contributed by atoms with Crippen LogP contribution in [0.3, 0.4) is 0 Å². The summed E-state index contributed by atoms with van der Waals surface area (Å²) in [6, 6.07) is 5.94. The smallest absolute Gasteiger partial charge is 0.251 e. The van der Waals surface area contributed by atoms with Gasteiger partial charge in [-0.2, -0.15) is 0 Å². The normalized spacial score (nSPS) is 9.70. The summed E-state index contributed by atoms with van der Waals surface area (Å²) in [5.74, 6) is -1.04. The van der Waals surface area contributed by atoms with Crippen LogP contribution in [-0.4, -0.2) is 36.5 Å². The van der Waals surface area contributed by atoms with Crippen LogP contribution in [0.5, 0.6) is 0 Å². The van der Waals surface area contributed by atoms with E-state index in [1.807, 2.05) is 0 Å². The van der Waals surface area contributed by atoms with Gasteiger partial charge in [0.2, 0.25) is 0 Å². The second-order valence-corrected chi connectivity index (χ2v) is 4.35. The molecule has 0 unspecified atom stereocenters. The zero-order valence-electron chi connectivity index (χ0n) is 11.4. The Labute approximate surface area is 116 Å². The number of carbonyl (C=O) groups excluding carboxylic acids is 4. The van der Waals surface area contributed by atoms with Crippen LogP contribution in [0.25, 0.3) is 0 Å². The summed E-state index contributed by atoms with van der Waals surface area (Å²) in [7, 11) is 0. The highest BCUT2D eigenvalue weighted by molar-refractivity contribution is 5.99. The molecule has 1 aromatic rings. The summed E-state index contributed by atoms with van der Waals surface area (Å²) in [6.45, 7) is 2.70. The molecule has 0 bridgehead atoms. The van der Waals surface area contributed by atoms with Crippen LogP contribution in [0.2, 0.25) is 0 Å². The van der Waals surface area contributed by atoms with Crippen molar-refractivity contribution in [3.05, 3.63) is 35.4 Å². The molecule has 0 fully saturated rings. The predicted molar refractivity (Wildman–Crippen MR) is 72.5 cm³/mol.